The lowest BCUT2D eigenvalue weighted by molar-refractivity contribution is 0.338. The number of nitrogens with zero attached hydrogens (tertiary/aromatic N) is 2. The van der Waals surface area contributed by atoms with E-state index in [1.807, 2.05) is 32.9 Å². The molecule has 1 aliphatic rings. The van der Waals surface area contributed by atoms with Gasteiger partial charge >= 0.3 is 0 Å². The van der Waals surface area contributed by atoms with Crippen LogP contribution in [0.15, 0.2) is 21.6 Å². The monoisotopic (exact) mass is 349 g/mol. The Morgan fingerprint density at radius 2 is 1.67 bits per heavy atom. The molecule has 130 valence electrons. The summed E-state index contributed by atoms with van der Waals surface area (Å²) in [6.45, 7) is 7.33. The fraction of sp³-hybridized carbons (Fsp3) is 0.529. The van der Waals surface area contributed by atoms with Crippen molar-refractivity contribution in [1.82, 2.24) is 14.9 Å². The van der Waals surface area contributed by atoms with Gasteiger partial charge in [-0.2, -0.15) is 9.71 Å². The molecule has 3 rings (SSSR count). The van der Waals surface area contributed by atoms with Gasteiger partial charge in [-0.15, -0.1) is 0 Å². The van der Waals surface area contributed by atoms with Gasteiger partial charge in [0.25, 0.3) is 0 Å². The van der Waals surface area contributed by atoms with E-state index in [-0.39, 0.29) is 0 Å². The molecule has 0 atom stereocenters. The van der Waals surface area contributed by atoms with E-state index in [4.69, 9.17) is 4.52 Å². The van der Waals surface area contributed by atoms with Gasteiger partial charge in [0.05, 0.1) is 10.4 Å². The summed E-state index contributed by atoms with van der Waals surface area (Å²) >= 11 is 0. The van der Waals surface area contributed by atoms with Gasteiger partial charge in [0.1, 0.15) is 0 Å². The van der Waals surface area contributed by atoms with Crippen LogP contribution in [0.2, 0.25) is 0 Å². The maximum Gasteiger partial charge on any atom is 0.242 e. The number of rotatable bonds is 4. The lowest BCUT2D eigenvalue weighted by Crippen LogP contribution is -2.45. The molecule has 1 aromatic carbocycles. The van der Waals surface area contributed by atoms with Gasteiger partial charge in [-0.25, -0.2) is 8.42 Å². The molecule has 2 aromatic rings. The quantitative estimate of drug-likeness (QED) is 0.917. The molecule has 0 radical (unpaired) electrons. The Balaban J connectivity index is 2.04. The van der Waals surface area contributed by atoms with Crippen molar-refractivity contribution in [2.75, 3.05) is 0 Å². The van der Waals surface area contributed by atoms with E-state index in [9.17, 15) is 8.42 Å². The minimum absolute atomic E-state index is 0.347. The first-order chi connectivity index (χ1) is 11.2. The predicted octanol–water partition coefficient (Wildman–Crippen LogP) is 3.05. The molecule has 1 fully saturated rings. The van der Waals surface area contributed by atoms with Crippen LogP contribution in [0.4, 0.5) is 0 Å². The number of hydrogen-bond acceptors (Lipinski definition) is 5. The van der Waals surface area contributed by atoms with Gasteiger partial charge in [0.15, 0.2) is 5.82 Å². The van der Waals surface area contributed by atoms with Gasteiger partial charge in [0, 0.05) is 6.92 Å². The molecule has 7 heteroatoms. The summed E-state index contributed by atoms with van der Waals surface area (Å²) in [5.74, 6) is 0.877. The first-order valence-electron chi connectivity index (χ1n) is 8.16. The zero-order valence-electron chi connectivity index (χ0n) is 14.5. The molecule has 1 aromatic heterocycles. The van der Waals surface area contributed by atoms with Crippen LogP contribution in [0.5, 0.6) is 0 Å². The number of aromatic nitrogens is 2. The van der Waals surface area contributed by atoms with E-state index >= 15 is 0 Å². The lowest BCUT2D eigenvalue weighted by Gasteiger charge is -2.27. The van der Waals surface area contributed by atoms with Crippen molar-refractivity contribution in [2.24, 2.45) is 0 Å². The zero-order chi connectivity index (χ0) is 17.5. The summed E-state index contributed by atoms with van der Waals surface area (Å²) in [5.41, 5.74) is 1.77. The number of benzene rings is 1. The summed E-state index contributed by atoms with van der Waals surface area (Å²) in [6, 6.07) is 3.78. The largest absolute Gasteiger partial charge is 0.340 e. The van der Waals surface area contributed by atoms with Gasteiger partial charge in [-0.3, -0.25) is 0 Å². The second kappa shape index (κ2) is 5.97. The average Bonchev–Trinajstić information content (AvgIpc) is 3.06. The van der Waals surface area contributed by atoms with Crippen molar-refractivity contribution in [3.05, 3.63) is 40.5 Å². The standard InChI is InChI=1S/C17H23N3O3S/c1-11-9-12(2)15(13(3)10-11)24(21,22)20-17(7-5-6-8-17)16-18-14(4)23-19-16/h9-10,20H,5-8H2,1-4H3. The van der Waals surface area contributed by atoms with Crippen molar-refractivity contribution in [3.63, 3.8) is 0 Å². The topological polar surface area (TPSA) is 85.1 Å². The van der Waals surface area contributed by atoms with E-state index in [0.717, 1.165) is 29.5 Å². The SMILES string of the molecule is Cc1cc(C)c(S(=O)(=O)NC2(c3noc(C)n3)CCCC2)c(C)c1. The Hall–Kier alpha value is -1.73. The third-order valence-corrected chi connectivity index (χ3v) is 6.46. The van der Waals surface area contributed by atoms with Crippen LogP contribution in [0, 0.1) is 27.7 Å². The molecule has 1 heterocycles. The van der Waals surface area contributed by atoms with E-state index in [1.165, 1.54) is 0 Å². The highest BCUT2D eigenvalue weighted by Crippen LogP contribution is 2.39. The van der Waals surface area contributed by atoms with E-state index in [1.54, 1.807) is 6.92 Å². The average molecular weight is 349 g/mol. The Morgan fingerprint density at radius 1 is 1.08 bits per heavy atom. The van der Waals surface area contributed by atoms with Crippen molar-refractivity contribution in [3.8, 4) is 0 Å². The molecule has 0 aliphatic heterocycles. The van der Waals surface area contributed by atoms with Gasteiger partial charge in [0.2, 0.25) is 15.9 Å². The summed E-state index contributed by atoms with van der Waals surface area (Å²) in [5, 5.41) is 3.99. The second-order valence-electron chi connectivity index (χ2n) is 6.76. The van der Waals surface area contributed by atoms with Gasteiger partial charge in [-0.05, 0) is 44.7 Å². The minimum atomic E-state index is -3.69. The van der Waals surface area contributed by atoms with Gasteiger partial charge < -0.3 is 4.52 Å². The number of sulfonamides is 1. The lowest BCUT2D eigenvalue weighted by atomic mass is 9.98. The molecule has 1 aliphatic carbocycles. The van der Waals surface area contributed by atoms with E-state index in [2.05, 4.69) is 14.9 Å². The molecular formula is C17H23N3O3S. The van der Waals surface area contributed by atoms with Crippen molar-refractivity contribution in [1.29, 1.82) is 0 Å². The first kappa shape index (κ1) is 17.1. The fourth-order valence-corrected chi connectivity index (χ4v) is 5.62. The molecule has 6 nitrogen and oxygen atoms in total. The third-order valence-electron chi connectivity index (χ3n) is 4.62. The fourth-order valence-electron chi connectivity index (χ4n) is 3.74. The Bertz CT molecular complexity index is 842. The van der Waals surface area contributed by atoms with Gasteiger partial charge in [-0.1, -0.05) is 35.7 Å². The minimum Gasteiger partial charge on any atom is -0.340 e. The highest BCUT2D eigenvalue weighted by Gasteiger charge is 2.43. The van der Waals surface area contributed by atoms with Crippen LogP contribution in [-0.4, -0.2) is 18.6 Å². The Kier molecular flexibility index (Phi) is 4.25. The molecule has 24 heavy (non-hydrogen) atoms. The van der Waals surface area contributed by atoms with Crippen molar-refractivity contribution < 1.29 is 12.9 Å². The first-order valence-corrected chi connectivity index (χ1v) is 9.64. The smallest absolute Gasteiger partial charge is 0.242 e. The Labute approximate surface area is 142 Å². The number of aryl methyl sites for hydroxylation is 4. The molecule has 1 saturated carbocycles. The summed E-state index contributed by atoms with van der Waals surface area (Å²) in [7, 11) is -3.69. The Morgan fingerprint density at radius 3 is 2.17 bits per heavy atom. The van der Waals surface area contributed by atoms with E-state index in [0.29, 0.717) is 29.5 Å². The van der Waals surface area contributed by atoms with Crippen molar-refractivity contribution in [2.45, 2.75) is 63.8 Å². The molecule has 0 saturated heterocycles. The van der Waals surface area contributed by atoms with Crippen LogP contribution in [0.1, 0.15) is 54.1 Å². The highest BCUT2D eigenvalue weighted by molar-refractivity contribution is 7.89. The normalized spacial score (nSPS) is 17.3. The summed E-state index contributed by atoms with van der Waals surface area (Å²) in [6.07, 6.45) is 3.22. The number of nitrogens with one attached hydrogen (secondary N) is 1. The van der Waals surface area contributed by atoms with Crippen LogP contribution in [0.3, 0.4) is 0 Å². The molecule has 0 amide bonds. The highest BCUT2D eigenvalue weighted by atomic mass is 32.2. The van der Waals surface area contributed by atoms with E-state index < -0.39 is 15.6 Å². The second-order valence-corrected chi connectivity index (χ2v) is 8.38. The maximum atomic E-state index is 13.1. The number of hydrogen-bond donors (Lipinski definition) is 1. The summed E-state index contributed by atoms with van der Waals surface area (Å²) in [4.78, 5) is 4.64. The third kappa shape index (κ3) is 2.98. The molecular weight excluding hydrogens is 326 g/mol. The zero-order valence-corrected chi connectivity index (χ0v) is 15.3. The van der Waals surface area contributed by atoms with Crippen molar-refractivity contribution >= 4 is 10.0 Å². The molecule has 0 spiro atoms. The predicted molar refractivity (Wildman–Crippen MR) is 90.2 cm³/mol. The molecule has 0 bridgehead atoms. The molecule has 0 unspecified atom stereocenters. The summed E-state index contributed by atoms with van der Waals surface area (Å²) < 4.78 is 34.3. The maximum absolute atomic E-state index is 13.1. The van der Waals surface area contributed by atoms with Crippen LogP contribution in [0.25, 0.3) is 0 Å². The van der Waals surface area contributed by atoms with Crippen LogP contribution in [-0.2, 0) is 15.6 Å². The molecule has 1 N–H and O–H groups in total. The van der Waals surface area contributed by atoms with Crippen LogP contribution >= 0.6 is 0 Å². The van der Waals surface area contributed by atoms with Crippen LogP contribution < -0.4 is 4.72 Å².